The summed E-state index contributed by atoms with van der Waals surface area (Å²) in [5.74, 6) is 4.46. The van der Waals surface area contributed by atoms with Crippen LogP contribution in [0.5, 0.6) is 0 Å². The summed E-state index contributed by atoms with van der Waals surface area (Å²) in [6, 6.07) is 0. The molecule has 0 aromatic heterocycles. The second kappa shape index (κ2) is 5.71. The first-order chi connectivity index (χ1) is 11.6. The van der Waals surface area contributed by atoms with E-state index in [1.54, 1.807) is 0 Å². The lowest BCUT2D eigenvalue weighted by atomic mass is 9.42. The highest BCUT2D eigenvalue weighted by molar-refractivity contribution is 5.11. The lowest BCUT2D eigenvalue weighted by Crippen LogP contribution is -2.58. The summed E-state index contributed by atoms with van der Waals surface area (Å²) in [5.41, 5.74) is 0.349. The van der Waals surface area contributed by atoms with Crippen molar-refractivity contribution in [1.82, 2.24) is 0 Å². The minimum atomic E-state index is -0.440. The van der Waals surface area contributed by atoms with E-state index in [0.717, 1.165) is 36.5 Å². The van der Waals surface area contributed by atoms with Crippen molar-refractivity contribution in [2.24, 2.45) is 46.3 Å². The third-order valence-corrected chi connectivity index (χ3v) is 9.97. The molecule has 10 atom stereocenters. The third-order valence-electron chi connectivity index (χ3n) is 9.97. The van der Waals surface area contributed by atoms with E-state index in [-0.39, 0.29) is 6.10 Å². The summed E-state index contributed by atoms with van der Waals surface area (Å²) in [7, 11) is 0. The Bertz CT molecular complexity index is 526. The van der Waals surface area contributed by atoms with Crippen molar-refractivity contribution in [1.29, 1.82) is 0 Å². The average Bonchev–Trinajstić information content (AvgIpc) is 2.86. The first-order valence-corrected chi connectivity index (χ1v) is 11.0. The van der Waals surface area contributed by atoms with Gasteiger partial charge in [-0.3, -0.25) is 0 Å². The number of hydrogen-bond donors (Lipinski definition) is 2. The van der Waals surface area contributed by atoms with Crippen LogP contribution in [-0.2, 0) is 0 Å². The van der Waals surface area contributed by atoms with Crippen LogP contribution in [0.3, 0.4) is 0 Å². The van der Waals surface area contributed by atoms with E-state index in [0.29, 0.717) is 22.7 Å². The normalized spacial score (nSPS) is 59.6. The zero-order chi connectivity index (χ0) is 18.2. The molecule has 0 amide bonds. The van der Waals surface area contributed by atoms with Crippen LogP contribution in [0, 0.1) is 46.3 Å². The fourth-order valence-electron chi connectivity index (χ4n) is 8.65. The molecule has 2 N–H and O–H groups in total. The average molecular weight is 349 g/mol. The second-order valence-electron chi connectivity index (χ2n) is 11.4. The summed E-state index contributed by atoms with van der Waals surface area (Å²) in [5, 5.41) is 21.1. The second-order valence-corrected chi connectivity index (χ2v) is 11.4. The minimum Gasteiger partial charge on any atom is -0.393 e. The lowest BCUT2D eigenvalue weighted by molar-refractivity contribution is -0.167. The number of fused-ring (bicyclic) bond motifs is 5. The maximum Gasteiger partial charge on any atom is 0.0622 e. The highest BCUT2D eigenvalue weighted by Crippen LogP contribution is 2.69. The molecule has 2 nitrogen and oxygen atoms in total. The number of hydrogen-bond acceptors (Lipinski definition) is 2. The molecule has 0 bridgehead atoms. The fourth-order valence-corrected chi connectivity index (χ4v) is 8.65. The predicted octanol–water partition coefficient (Wildman–Crippen LogP) is 5.02. The number of rotatable bonds is 1. The van der Waals surface area contributed by atoms with Crippen molar-refractivity contribution >= 4 is 0 Å². The summed E-state index contributed by atoms with van der Waals surface area (Å²) >= 11 is 0. The number of aliphatic hydroxyl groups is 2. The van der Waals surface area contributed by atoms with Gasteiger partial charge in [0.25, 0.3) is 0 Å². The molecule has 0 saturated heterocycles. The van der Waals surface area contributed by atoms with E-state index in [1.807, 2.05) is 6.92 Å². The first-order valence-electron chi connectivity index (χ1n) is 11.0. The Morgan fingerprint density at radius 2 is 1.60 bits per heavy atom. The summed E-state index contributed by atoms with van der Waals surface area (Å²) in [6.45, 7) is 11.7. The van der Waals surface area contributed by atoms with Gasteiger partial charge in [0.05, 0.1) is 11.7 Å². The van der Waals surface area contributed by atoms with Crippen molar-refractivity contribution in [2.75, 3.05) is 0 Å². The zero-order valence-corrected chi connectivity index (χ0v) is 17.1. The van der Waals surface area contributed by atoms with Crippen molar-refractivity contribution in [3.63, 3.8) is 0 Å². The van der Waals surface area contributed by atoms with E-state index in [4.69, 9.17) is 0 Å². The van der Waals surface area contributed by atoms with Gasteiger partial charge in [-0.25, -0.2) is 0 Å². The third kappa shape index (κ3) is 2.57. The molecular formula is C23H40O2. The van der Waals surface area contributed by atoms with Gasteiger partial charge in [0, 0.05) is 0 Å². The summed E-state index contributed by atoms with van der Waals surface area (Å²) < 4.78 is 0. The molecule has 0 aliphatic heterocycles. The Morgan fingerprint density at radius 3 is 2.28 bits per heavy atom. The van der Waals surface area contributed by atoms with Crippen LogP contribution in [0.15, 0.2) is 0 Å². The smallest absolute Gasteiger partial charge is 0.0622 e. The zero-order valence-electron chi connectivity index (χ0n) is 17.1. The molecule has 0 aromatic rings. The highest BCUT2D eigenvalue weighted by Gasteiger charge is 2.62. The van der Waals surface area contributed by atoms with Crippen LogP contribution in [0.2, 0.25) is 0 Å². The van der Waals surface area contributed by atoms with Crippen LogP contribution in [0.4, 0.5) is 0 Å². The fraction of sp³-hybridized carbons (Fsp3) is 1.00. The molecule has 4 fully saturated rings. The molecule has 0 spiro atoms. The largest absolute Gasteiger partial charge is 0.393 e. The summed E-state index contributed by atoms with van der Waals surface area (Å²) in [4.78, 5) is 0. The van der Waals surface area contributed by atoms with Crippen molar-refractivity contribution in [3.05, 3.63) is 0 Å². The van der Waals surface area contributed by atoms with Gasteiger partial charge < -0.3 is 10.2 Å². The van der Waals surface area contributed by atoms with Gasteiger partial charge in [0.2, 0.25) is 0 Å². The molecule has 4 saturated carbocycles. The van der Waals surface area contributed by atoms with Gasteiger partial charge in [-0.05, 0) is 112 Å². The molecule has 0 radical (unpaired) electrons. The molecule has 3 unspecified atom stereocenters. The van der Waals surface area contributed by atoms with Crippen LogP contribution in [0.1, 0.15) is 86.0 Å². The SMILES string of the molecule is CC(O)C1CC[C@H]2[C@@H]3C(C)C[C@H]4C[C@](C)(O)CC[C@]4(C)[C@H]3CC[C@]12C. The van der Waals surface area contributed by atoms with Gasteiger partial charge in [-0.1, -0.05) is 20.8 Å². The predicted molar refractivity (Wildman–Crippen MR) is 102 cm³/mol. The topological polar surface area (TPSA) is 40.5 Å². The van der Waals surface area contributed by atoms with E-state index < -0.39 is 5.60 Å². The van der Waals surface area contributed by atoms with Gasteiger partial charge in [-0.15, -0.1) is 0 Å². The molecule has 0 heterocycles. The minimum absolute atomic E-state index is 0.154. The van der Waals surface area contributed by atoms with Crippen LogP contribution < -0.4 is 0 Å². The summed E-state index contributed by atoms with van der Waals surface area (Å²) in [6.07, 6.45) is 9.56. The van der Waals surface area contributed by atoms with E-state index in [2.05, 4.69) is 27.7 Å². The Labute approximate surface area is 154 Å². The van der Waals surface area contributed by atoms with Crippen LogP contribution >= 0.6 is 0 Å². The monoisotopic (exact) mass is 348 g/mol. The van der Waals surface area contributed by atoms with E-state index in [1.165, 1.54) is 38.5 Å². The van der Waals surface area contributed by atoms with Gasteiger partial charge >= 0.3 is 0 Å². The molecule has 144 valence electrons. The van der Waals surface area contributed by atoms with Gasteiger partial charge in [0.1, 0.15) is 0 Å². The maximum atomic E-state index is 10.7. The van der Waals surface area contributed by atoms with Crippen molar-refractivity contribution in [3.8, 4) is 0 Å². The highest BCUT2D eigenvalue weighted by atomic mass is 16.3. The van der Waals surface area contributed by atoms with Crippen molar-refractivity contribution < 1.29 is 10.2 Å². The Kier molecular flexibility index (Phi) is 4.18. The quantitative estimate of drug-likeness (QED) is 0.698. The standard InChI is InChI=1S/C23H40O2/c1-14-12-16-13-21(3,25)10-11-22(16,4)19-8-9-23(5)17(15(2)24)6-7-18(23)20(14)19/h14-20,24-25H,6-13H2,1-5H3/t14?,15?,16-,17?,18-,19-,20-,21+,22-,23+/m0/s1. The molecule has 2 heteroatoms. The van der Waals surface area contributed by atoms with Crippen LogP contribution in [-0.4, -0.2) is 21.9 Å². The van der Waals surface area contributed by atoms with Crippen molar-refractivity contribution in [2.45, 2.75) is 97.7 Å². The molecule has 4 aliphatic rings. The Hall–Kier alpha value is -0.0800. The lowest BCUT2D eigenvalue weighted by Gasteiger charge is -2.63. The Balaban J connectivity index is 1.65. The van der Waals surface area contributed by atoms with Gasteiger partial charge in [0.15, 0.2) is 0 Å². The van der Waals surface area contributed by atoms with E-state index >= 15 is 0 Å². The van der Waals surface area contributed by atoms with E-state index in [9.17, 15) is 10.2 Å². The maximum absolute atomic E-state index is 10.7. The van der Waals surface area contributed by atoms with Crippen LogP contribution in [0.25, 0.3) is 0 Å². The first kappa shape index (κ1) is 18.3. The molecule has 0 aromatic carbocycles. The Morgan fingerprint density at radius 1 is 0.920 bits per heavy atom. The molecule has 4 aliphatic carbocycles. The van der Waals surface area contributed by atoms with Gasteiger partial charge in [-0.2, -0.15) is 0 Å². The number of aliphatic hydroxyl groups excluding tert-OH is 1. The molecule has 4 rings (SSSR count). The molecular weight excluding hydrogens is 308 g/mol. The molecule has 25 heavy (non-hydrogen) atoms.